The van der Waals surface area contributed by atoms with E-state index in [1.165, 1.54) is 11.8 Å². The molecule has 2 amide bonds. The molecule has 0 saturated carbocycles. The average molecular weight is 363 g/mol. The Hall–Kier alpha value is -1.98. The van der Waals surface area contributed by atoms with Gasteiger partial charge < -0.3 is 10.6 Å². The number of carbonyl (C=O) groups is 2. The molecule has 0 aliphatic heterocycles. The molecule has 4 nitrogen and oxygen atoms in total. The van der Waals surface area contributed by atoms with E-state index >= 15 is 0 Å². The van der Waals surface area contributed by atoms with E-state index in [1.54, 1.807) is 12.1 Å². The molecule has 126 valence electrons. The number of benzene rings is 2. The van der Waals surface area contributed by atoms with Crippen molar-refractivity contribution in [3.05, 3.63) is 58.1 Å². The smallest absolute Gasteiger partial charge is 0.253 e. The monoisotopic (exact) mass is 362 g/mol. The fraction of sp³-hybridized carbons (Fsp3) is 0.222. The highest BCUT2D eigenvalue weighted by atomic mass is 35.5. The molecule has 0 atom stereocenters. The lowest BCUT2D eigenvalue weighted by Gasteiger charge is -2.12. The molecule has 0 fully saturated rings. The summed E-state index contributed by atoms with van der Waals surface area (Å²) < 4.78 is 0. The highest BCUT2D eigenvalue weighted by Gasteiger charge is 2.13. The molecule has 0 bridgehead atoms. The fourth-order valence-corrected chi connectivity index (χ4v) is 2.90. The van der Waals surface area contributed by atoms with Crippen molar-refractivity contribution in [3.8, 4) is 0 Å². The van der Waals surface area contributed by atoms with E-state index in [-0.39, 0.29) is 18.4 Å². The predicted octanol–water partition coefficient (Wildman–Crippen LogP) is 4.05. The molecule has 2 aromatic carbocycles. The summed E-state index contributed by atoms with van der Waals surface area (Å²) in [5.41, 5.74) is 3.10. The summed E-state index contributed by atoms with van der Waals surface area (Å²) in [5, 5.41) is 5.80. The zero-order valence-corrected chi connectivity index (χ0v) is 15.3. The summed E-state index contributed by atoms with van der Waals surface area (Å²) in [4.78, 5) is 25.3. The zero-order chi connectivity index (χ0) is 17.7. The van der Waals surface area contributed by atoms with Gasteiger partial charge in [-0.3, -0.25) is 9.59 Å². The summed E-state index contributed by atoms with van der Waals surface area (Å²) in [7, 11) is 0. The summed E-state index contributed by atoms with van der Waals surface area (Å²) in [6, 6.07) is 11.0. The van der Waals surface area contributed by atoms with E-state index in [0.717, 1.165) is 21.7 Å². The number of carbonyl (C=O) groups excluding carboxylic acids is 2. The van der Waals surface area contributed by atoms with Crippen LogP contribution in [0, 0.1) is 13.8 Å². The molecule has 0 saturated heterocycles. The molecule has 0 aromatic heterocycles. The Morgan fingerprint density at radius 3 is 2.42 bits per heavy atom. The van der Waals surface area contributed by atoms with Gasteiger partial charge in [-0.15, -0.1) is 11.8 Å². The number of halogens is 1. The quantitative estimate of drug-likeness (QED) is 0.789. The van der Waals surface area contributed by atoms with E-state index in [9.17, 15) is 9.59 Å². The number of thioether (sulfide) groups is 1. The maximum Gasteiger partial charge on any atom is 0.253 e. The summed E-state index contributed by atoms with van der Waals surface area (Å²) in [6.45, 7) is 3.73. The minimum atomic E-state index is -0.368. The lowest BCUT2D eigenvalue weighted by atomic mass is 10.1. The zero-order valence-electron chi connectivity index (χ0n) is 13.8. The lowest BCUT2D eigenvalue weighted by molar-refractivity contribution is -0.115. The van der Waals surface area contributed by atoms with Gasteiger partial charge in [0.05, 0.1) is 17.1 Å². The number of nitrogens with one attached hydrogen (secondary N) is 2. The highest BCUT2D eigenvalue weighted by molar-refractivity contribution is 7.98. The van der Waals surface area contributed by atoms with Crippen LogP contribution in [-0.2, 0) is 4.79 Å². The predicted molar refractivity (Wildman–Crippen MR) is 100 cm³/mol. The molecule has 0 aliphatic carbocycles. The van der Waals surface area contributed by atoms with Gasteiger partial charge in [-0.05, 0) is 49.4 Å². The van der Waals surface area contributed by atoms with Crippen LogP contribution in [0.5, 0.6) is 0 Å². The third kappa shape index (κ3) is 4.52. The van der Waals surface area contributed by atoms with E-state index in [2.05, 4.69) is 10.6 Å². The summed E-state index contributed by atoms with van der Waals surface area (Å²) >= 11 is 7.58. The standard InChI is InChI=1S/C18H19ClN2O2S/c1-11-5-4-6-12(2)17(11)21-16(22)10-20-18(23)14-9-13(24-3)7-8-15(14)19/h4-9H,10H2,1-3H3,(H,20,23)(H,21,22). The second-order valence-corrected chi connectivity index (χ2v) is 6.63. The molecule has 6 heteroatoms. The van der Waals surface area contributed by atoms with Crippen molar-refractivity contribution in [1.29, 1.82) is 0 Å². The van der Waals surface area contributed by atoms with Gasteiger partial charge in [-0.1, -0.05) is 29.8 Å². The third-order valence-electron chi connectivity index (χ3n) is 3.57. The Balaban J connectivity index is 2.00. The third-order valence-corrected chi connectivity index (χ3v) is 4.63. The van der Waals surface area contributed by atoms with Crippen molar-refractivity contribution in [2.24, 2.45) is 0 Å². The highest BCUT2D eigenvalue weighted by Crippen LogP contribution is 2.23. The number of para-hydroxylation sites is 1. The Morgan fingerprint density at radius 2 is 1.79 bits per heavy atom. The molecule has 0 unspecified atom stereocenters. The first-order valence-corrected chi connectivity index (χ1v) is 9.00. The molecule has 2 aromatic rings. The summed E-state index contributed by atoms with van der Waals surface area (Å²) in [6.07, 6.45) is 1.92. The van der Waals surface area contributed by atoms with Gasteiger partial charge >= 0.3 is 0 Å². The topological polar surface area (TPSA) is 58.2 Å². The Bertz CT molecular complexity index is 757. The van der Waals surface area contributed by atoms with Crippen LogP contribution in [0.3, 0.4) is 0 Å². The SMILES string of the molecule is CSc1ccc(Cl)c(C(=O)NCC(=O)Nc2c(C)cccc2C)c1. The van der Waals surface area contributed by atoms with Crippen LogP contribution in [0.2, 0.25) is 5.02 Å². The minimum absolute atomic E-state index is 0.119. The minimum Gasteiger partial charge on any atom is -0.343 e. The van der Waals surface area contributed by atoms with Gasteiger partial charge in [-0.2, -0.15) is 0 Å². The van der Waals surface area contributed by atoms with Gasteiger partial charge in [0.2, 0.25) is 5.91 Å². The van der Waals surface area contributed by atoms with Gasteiger partial charge in [0, 0.05) is 10.6 Å². The Labute approximate surface area is 151 Å². The van der Waals surface area contributed by atoms with Crippen molar-refractivity contribution in [1.82, 2.24) is 5.32 Å². The molecule has 2 rings (SSSR count). The maximum absolute atomic E-state index is 12.2. The molecule has 0 spiro atoms. The van der Waals surface area contributed by atoms with Gasteiger partial charge in [0.1, 0.15) is 0 Å². The van der Waals surface area contributed by atoms with Crippen LogP contribution in [0.4, 0.5) is 5.69 Å². The van der Waals surface area contributed by atoms with Crippen molar-refractivity contribution in [3.63, 3.8) is 0 Å². The molecular weight excluding hydrogens is 344 g/mol. The number of hydrogen-bond acceptors (Lipinski definition) is 3. The van der Waals surface area contributed by atoms with E-state index < -0.39 is 0 Å². The van der Waals surface area contributed by atoms with Crippen molar-refractivity contribution >= 4 is 40.9 Å². The van der Waals surface area contributed by atoms with Crippen LogP contribution in [-0.4, -0.2) is 24.6 Å². The van der Waals surface area contributed by atoms with Crippen molar-refractivity contribution in [2.45, 2.75) is 18.7 Å². The second kappa shape index (κ2) is 8.22. The second-order valence-electron chi connectivity index (χ2n) is 5.34. The summed E-state index contributed by atoms with van der Waals surface area (Å²) in [5.74, 6) is -0.648. The van der Waals surface area contributed by atoms with Gasteiger partial charge in [0.15, 0.2) is 0 Å². The number of amides is 2. The average Bonchev–Trinajstić information content (AvgIpc) is 2.56. The number of anilines is 1. The van der Waals surface area contributed by atoms with Crippen LogP contribution in [0.1, 0.15) is 21.5 Å². The molecular formula is C18H19ClN2O2S. The van der Waals surface area contributed by atoms with E-state index in [0.29, 0.717) is 10.6 Å². The van der Waals surface area contributed by atoms with Crippen LogP contribution >= 0.6 is 23.4 Å². The molecule has 0 heterocycles. The molecule has 0 aliphatic rings. The molecule has 0 radical (unpaired) electrons. The fourth-order valence-electron chi connectivity index (χ4n) is 2.26. The lowest BCUT2D eigenvalue weighted by Crippen LogP contribution is -2.33. The molecule has 24 heavy (non-hydrogen) atoms. The van der Waals surface area contributed by atoms with Crippen LogP contribution in [0.25, 0.3) is 0 Å². The van der Waals surface area contributed by atoms with Gasteiger partial charge in [0.25, 0.3) is 5.91 Å². The number of rotatable bonds is 5. The number of aryl methyl sites for hydroxylation is 2. The van der Waals surface area contributed by atoms with Crippen LogP contribution in [0.15, 0.2) is 41.3 Å². The Morgan fingerprint density at radius 1 is 1.12 bits per heavy atom. The first-order chi connectivity index (χ1) is 11.4. The van der Waals surface area contributed by atoms with Crippen molar-refractivity contribution < 1.29 is 9.59 Å². The first kappa shape index (κ1) is 18.4. The molecule has 2 N–H and O–H groups in total. The Kier molecular flexibility index (Phi) is 6.29. The largest absolute Gasteiger partial charge is 0.343 e. The van der Waals surface area contributed by atoms with E-state index in [1.807, 2.05) is 44.4 Å². The van der Waals surface area contributed by atoms with Crippen LogP contribution < -0.4 is 10.6 Å². The maximum atomic E-state index is 12.2. The van der Waals surface area contributed by atoms with E-state index in [4.69, 9.17) is 11.6 Å². The normalized spacial score (nSPS) is 10.3. The first-order valence-electron chi connectivity index (χ1n) is 7.40. The van der Waals surface area contributed by atoms with Gasteiger partial charge in [-0.25, -0.2) is 0 Å². The number of hydrogen-bond donors (Lipinski definition) is 2. The van der Waals surface area contributed by atoms with Crippen molar-refractivity contribution in [2.75, 3.05) is 18.1 Å².